The van der Waals surface area contributed by atoms with Gasteiger partial charge in [0.15, 0.2) is 14.9 Å². The standard InChI is InChI=1S/C17H26N2O2S2/c1-12(2)10-19(16-7-8-23(20,21)11-16)17(22)18-15-6-5-13(3)14(4)9-15/h5-6,9,12,16H,7-8,10-11H2,1-4H3,(H,18,22)/t16-/m1/s1. The van der Waals surface area contributed by atoms with Crippen molar-refractivity contribution in [2.75, 3.05) is 23.4 Å². The van der Waals surface area contributed by atoms with Crippen LogP contribution in [-0.4, -0.2) is 42.5 Å². The van der Waals surface area contributed by atoms with Crippen molar-refractivity contribution in [1.29, 1.82) is 0 Å². The van der Waals surface area contributed by atoms with Crippen molar-refractivity contribution >= 4 is 32.9 Å². The number of hydrogen-bond acceptors (Lipinski definition) is 3. The summed E-state index contributed by atoms with van der Waals surface area (Å²) in [6.07, 6.45) is 0.657. The molecule has 1 aromatic carbocycles. The Morgan fingerprint density at radius 1 is 1.35 bits per heavy atom. The number of aryl methyl sites for hydroxylation is 2. The van der Waals surface area contributed by atoms with E-state index in [1.807, 2.05) is 6.07 Å². The number of benzene rings is 1. The Hall–Kier alpha value is -1.14. The average Bonchev–Trinajstić information content (AvgIpc) is 2.80. The summed E-state index contributed by atoms with van der Waals surface area (Å²) in [6, 6.07) is 6.12. The number of thiocarbonyl (C=S) groups is 1. The molecule has 0 aliphatic carbocycles. The summed E-state index contributed by atoms with van der Waals surface area (Å²) in [7, 11) is -2.92. The lowest BCUT2D eigenvalue weighted by atomic mass is 10.1. The molecule has 0 bridgehead atoms. The number of nitrogens with one attached hydrogen (secondary N) is 1. The minimum Gasteiger partial charge on any atom is -0.345 e. The molecule has 23 heavy (non-hydrogen) atoms. The largest absolute Gasteiger partial charge is 0.345 e. The first kappa shape index (κ1) is 18.2. The maximum Gasteiger partial charge on any atom is 0.173 e. The minimum absolute atomic E-state index is 0.0195. The Labute approximate surface area is 145 Å². The van der Waals surface area contributed by atoms with Crippen LogP contribution in [0.4, 0.5) is 5.69 Å². The summed E-state index contributed by atoms with van der Waals surface area (Å²) in [5.41, 5.74) is 3.40. The van der Waals surface area contributed by atoms with Gasteiger partial charge in [-0.1, -0.05) is 19.9 Å². The van der Waals surface area contributed by atoms with Gasteiger partial charge < -0.3 is 10.2 Å². The van der Waals surface area contributed by atoms with E-state index in [0.717, 1.165) is 12.2 Å². The zero-order valence-corrected chi connectivity index (χ0v) is 15.9. The van der Waals surface area contributed by atoms with Gasteiger partial charge in [-0.3, -0.25) is 0 Å². The molecular weight excluding hydrogens is 328 g/mol. The Bertz CT molecular complexity index is 684. The van der Waals surface area contributed by atoms with E-state index in [2.05, 4.69) is 50.0 Å². The van der Waals surface area contributed by atoms with Crippen LogP contribution in [-0.2, 0) is 9.84 Å². The number of rotatable bonds is 4. The lowest BCUT2D eigenvalue weighted by Gasteiger charge is -2.32. The molecule has 0 aromatic heterocycles. The lowest BCUT2D eigenvalue weighted by Crippen LogP contribution is -2.45. The van der Waals surface area contributed by atoms with Crippen LogP contribution in [0.5, 0.6) is 0 Å². The lowest BCUT2D eigenvalue weighted by molar-refractivity contribution is 0.303. The van der Waals surface area contributed by atoms with Crippen molar-refractivity contribution in [2.45, 2.75) is 40.2 Å². The molecule has 1 N–H and O–H groups in total. The summed E-state index contributed by atoms with van der Waals surface area (Å²) >= 11 is 5.58. The van der Waals surface area contributed by atoms with Gasteiger partial charge in [-0.2, -0.15) is 0 Å². The fourth-order valence-corrected chi connectivity index (χ4v) is 4.90. The predicted molar refractivity (Wildman–Crippen MR) is 101 cm³/mol. The monoisotopic (exact) mass is 354 g/mol. The maximum atomic E-state index is 11.8. The topological polar surface area (TPSA) is 49.4 Å². The van der Waals surface area contributed by atoms with Crippen LogP contribution < -0.4 is 5.32 Å². The average molecular weight is 355 g/mol. The van der Waals surface area contributed by atoms with E-state index in [-0.39, 0.29) is 17.5 Å². The molecule has 0 unspecified atom stereocenters. The zero-order chi connectivity index (χ0) is 17.2. The highest BCUT2D eigenvalue weighted by Crippen LogP contribution is 2.21. The highest BCUT2D eigenvalue weighted by molar-refractivity contribution is 7.91. The molecule has 128 valence electrons. The summed E-state index contributed by atoms with van der Waals surface area (Å²) in [4.78, 5) is 2.06. The van der Waals surface area contributed by atoms with Crippen LogP contribution >= 0.6 is 12.2 Å². The van der Waals surface area contributed by atoms with Gasteiger partial charge in [0, 0.05) is 18.3 Å². The second-order valence-electron chi connectivity index (χ2n) is 6.83. The van der Waals surface area contributed by atoms with Crippen LogP contribution in [0.1, 0.15) is 31.4 Å². The fraction of sp³-hybridized carbons (Fsp3) is 0.588. The van der Waals surface area contributed by atoms with Gasteiger partial charge in [0.25, 0.3) is 0 Å². The molecule has 1 aliphatic heterocycles. The van der Waals surface area contributed by atoms with Gasteiger partial charge in [0.1, 0.15) is 0 Å². The van der Waals surface area contributed by atoms with E-state index in [0.29, 0.717) is 17.5 Å². The van der Waals surface area contributed by atoms with Crippen LogP contribution in [0.2, 0.25) is 0 Å². The number of nitrogens with zero attached hydrogens (tertiary/aromatic N) is 1. The van der Waals surface area contributed by atoms with Crippen molar-refractivity contribution in [2.24, 2.45) is 5.92 Å². The molecule has 4 nitrogen and oxygen atoms in total. The molecule has 1 heterocycles. The van der Waals surface area contributed by atoms with E-state index in [4.69, 9.17) is 12.2 Å². The summed E-state index contributed by atoms with van der Waals surface area (Å²) in [5, 5.41) is 3.90. The number of hydrogen-bond donors (Lipinski definition) is 1. The molecule has 1 aromatic rings. The fourth-order valence-electron chi connectivity index (χ4n) is 2.83. The second-order valence-corrected chi connectivity index (χ2v) is 9.45. The van der Waals surface area contributed by atoms with Gasteiger partial charge >= 0.3 is 0 Å². The van der Waals surface area contributed by atoms with Gasteiger partial charge in [-0.15, -0.1) is 0 Å². The first-order valence-corrected chi connectivity index (χ1v) is 10.3. The van der Waals surface area contributed by atoms with Crippen molar-refractivity contribution in [3.05, 3.63) is 29.3 Å². The summed E-state index contributed by atoms with van der Waals surface area (Å²) in [6.45, 7) is 9.14. The summed E-state index contributed by atoms with van der Waals surface area (Å²) in [5.74, 6) is 0.880. The summed E-state index contributed by atoms with van der Waals surface area (Å²) < 4.78 is 23.6. The van der Waals surface area contributed by atoms with E-state index in [1.165, 1.54) is 11.1 Å². The first-order chi connectivity index (χ1) is 10.7. The third kappa shape index (κ3) is 4.91. The Morgan fingerprint density at radius 3 is 2.57 bits per heavy atom. The molecule has 1 fully saturated rings. The Morgan fingerprint density at radius 2 is 2.04 bits per heavy atom. The van der Waals surface area contributed by atoms with Crippen molar-refractivity contribution < 1.29 is 8.42 Å². The second kappa shape index (κ2) is 7.18. The molecule has 1 atom stereocenters. The molecular formula is C17H26N2O2S2. The quantitative estimate of drug-likeness (QED) is 0.842. The first-order valence-electron chi connectivity index (χ1n) is 8.03. The molecule has 0 amide bonds. The maximum absolute atomic E-state index is 11.8. The predicted octanol–water partition coefficient (Wildman–Crippen LogP) is 3.15. The highest BCUT2D eigenvalue weighted by atomic mass is 32.2. The number of anilines is 1. The Balaban J connectivity index is 2.14. The molecule has 1 aliphatic rings. The smallest absolute Gasteiger partial charge is 0.173 e. The van der Waals surface area contributed by atoms with Gasteiger partial charge in [0.2, 0.25) is 0 Å². The molecule has 0 radical (unpaired) electrons. The van der Waals surface area contributed by atoms with Crippen molar-refractivity contribution in [1.82, 2.24) is 4.90 Å². The van der Waals surface area contributed by atoms with Crippen LogP contribution in [0, 0.1) is 19.8 Å². The van der Waals surface area contributed by atoms with E-state index < -0.39 is 9.84 Å². The molecule has 2 rings (SSSR count). The Kier molecular flexibility index (Phi) is 5.68. The third-order valence-electron chi connectivity index (χ3n) is 4.23. The molecule has 1 saturated heterocycles. The molecule has 6 heteroatoms. The van der Waals surface area contributed by atoms with E-state index in [1.54, 1.807) is 0 Å². The van der Waals surface area contributed by atoms with Crippen LogP contribution in [0.25, 0.3) is 0 Å². The molecule has 0 spiro atoms. The minimum atomic E-state index is -2.92. The molecule has 0 saturated carbocycles. The highest BCUT2D eigenvalue weighted by Gasteiger charge is 2.33. The zero-order valence-electron chi connectivity index (χ0n) is 14.3. The van der Waals surface area contributed by atoms with E-state index >= 15 is 0 Å². The third-order valence-corrected chi connectivity index (χ3v) is 6.32. The van der Waals surface area contributed by atoms with Gasteiger partial charge in [0.05, 0.1) is 11.5 Å². The van der Waals surface area contributed by atoms with Crippen LogP contribution in [0.15, 0.2) is 18.2 Å². The SMILES string of the molecule is Cc1ccc(NC(=S)N(CC(C)C)[C@@H]2CCS(=O)(=O)C2)cc1C. The van der Waals surface area contributed by atoms with Gasteiger partial charge in [-0.25, -0.2) is 8.42 Å². The van der Waals surface area contributed by atoms with Gasteiger partial charge in [-0.05, 0) is 61.7 Å². The van der Waals surface area contributed by atoms with Crippen molar-refractivity contribution in [3.8, 4) is 0 Å². The van der Waals surface area contributed by atoms with Crippen LogP contribution in [0.3, 0.4) is 0 Å². The number of sulfone groups is 1. The van der Waals surface area contributed by atoms with E-state index in [9.17, 15) is 8.42 Å². The normalized spacial score (nSPS) is 19.8. The van der Waals surface area contributed by atoms with Crippen molar-refractivity contribution in [3.63, 3.8) is 0 Å².